The van der Waals surface area contributed by atoms with Gasteiger partial charge in [-0.1, -0.05) is 25.1 Å². The van der Waals surface area contributed by atoms with Gasteiger partial charge >= 0.3 is 0 Å². The van der Waals surface area contributed by atoms with Crippen LogP contribution in [-0.4, -0.2) is 50.4 Å². The van der Waals surface area contributed by atoms with E-state index >= 15 is 0 Å². The van der Waals surface area contributed by atoms with Gasteiger partial charge < -0.3 is 19.5 Å². The number of hydrogen-bond acceptors (Lipinski definition) is 4. The van der Waals surface area contributed by atoms with E-state index in [-0.39, 0.29) is 30.1 Å². The normalized spacial score (nSPS) is 13.5. The van der Waals surface area contributed by atoms with E-state index in [1.165, 1.54) is 6.07 Å². The van der Waals surface area contributed by atoms with E-state index in [2.05, 4.69) is 0 Å². The summed E-state index contributed by atoms with van der Waals surface area (Å²) in [5.41, 5.74) is 0.533. The fourth-order valence-electron chi connectivity index (χ4n) is 3.71. The third-order valence-corrected chi connectivity index (χ3v) is 5.18. The molecule has 1 aromatic carbocycles. The Morgan fingerprint density at radius 1 is 1.17 bits per heavy atom. The van der Waals surface area contributed by atoms with E-state index in [1.807, 2.05) is 39.0 Å². The minimum Gasteiger partial charge on any atom is -0.503 e. The lowest BCUT2D eigenvalue weighted by Gasteiger charge is -2.35. The van der Waals surface area contributed by atoms with Gasteiger partial charge in [0.1, 0.15) is 0 Å². The molecule has 1 aromatic heterocycles. The SMILES string of the molecule is CCCN(Cc1cc(=O)c(O)c2n1CCN(C(C)C)C2=O)C(=O)c1ccccc1. The molecule has 0 fully saturated rings. The molecule has 7 nitrogen and oxygen atoms in total. The summed E-state index contributed by atoms with van der Waals surface area (Å²) in [5.74, 6) is -1.02. The van der Waals surface area contributed by atoms with E-state index in [0.29, 0.717) is 30.9 Å². The van der Waals surface area contributed by atoms with Crippen LogP contribution in [0, 0.1) is 0 Å². The van der Waals surface area contributed by atoms with Crippen molar-refractivity contribution >= 4 is 11.8 Å². The number of carbonyl (C=O) groups excluding carboxylic acids is 2. The number of nitrogens with zero attached hydrogens (tertiary/aromatic N) is 3. The van der Waals surface area contributed by atoms with E-state index in [1.54, 1.807) is 26.5 Å². The molecule has 0 spiro atoms. The molecule has 3 rings (SSSR count). The first-order valence-corrected chi connectivity index (χ1v) is 9.96. The van der Waals surface area contributed by atoms with Crippen molar-refractivity contribution in [3.8, 4) is 5.75 Å². The van der Waals surface area contributed by atoms with Crippen LogP contribution in [0.3, 0.4) is 0 Å². The van der Waals surface area contributed by atoms with Crippen molar-refractivity contribution in [3.63, 3.8) is 0 Å². The van der Waals surface area contributed by atoms with Crippen LogP contribution in [0.2, 0.25) is 0 Å². The third-order valence-electron chi connectivity index (χ3n) is 5.18. The van der Waals surface area contributed by atoms with Gasteiger partial charge in [-0.3, -0.25) is 14.4 Å². The van der Waals surface area contributed by atoms with Gasteiger partial charge in [-0.05, 0) is 32.4 Å². The highest BCUT2D eigenvalue weighted by molar-refractivity contribution is 5.96. The Kier molecular flexibility index (Phi) is 6.06. The van der Waals surface area contributed by atoms with Gasteiger partial charge in [-0.15, -0.1) is 0 Å². The van der Waals surface area contributed by atoms with Gasteiger partial charge in [0.05, 0.1) is 6.54 Å². The summed E-state index contributed by atoms with van der Waals surface area (Å²) in [5, 5.41) is 10.3. The first kappa shape index (κ1) is 20.6. The predicted octanol–water partition coefficient (Wildman–Crippen LogP) is 2.47. The molecule has 0 atom stereocenters. The second kappa shape index (κ2) is 8.51. The minimum atomic E-state index is -0.603. The van der Waals surface area contributed by atoms with E-state index in [0.717, 1.165) is 6.42 Å². The molecule has 2 aromatic rings. The van der Waals surface area contributed by atoms with Gasteiger partial charge in [-0.25, -0.2) is 0 Å². The minimum absolute atomic E-state index is 0.0102. The number of aromatic hydroxyl groups is 1. The second-order valence-corrected chi connectivity index (χ2v) is 7.53. The molecule has 2 heterocycles. The van der Waals surface area contributed by atoms with E-state index in [4.69, 9.17) is 0 Å². The summed E-state index contributed by atoms with van der Waals surface area (Å²) in [7, 11) is 0. The molecule has 2 amide bonds. The van der Waals surface area contributed by atoms with Gasteiger partial charge in [0.15, 0.2) is 11.4 Å². The molecule has 0 saturated heterocycles. The quantitative estimate of drug-likeness (QED) is 0.812. The van der Waals surface area contributed by atoms with E-state index < -0.39 is 11.2 Å². The monoisotopic (exact) mass is 397 g/mol. The maximum absolute atomic E-state index is 13.0. The molecular formula is C22H27N3O4. The van der Waals surface area contributed by atoms with Gasteiger partial charge in [0.25, 0.3) is 11.8 Å². The first-order valence-electron chi connectivity index (χ1n) is 9.96. The highest BCUT2D eigenvalue weighted by atomic mass is 16.3. The molecule has 0 aliphatic carbocycles. The largest absolute Gasteiger partial charge is 0.503 e. The van der Waals surface area contributed by atoms with Crippen molar-refractivity contribution in [3.05, 3.63) is 63.6 Å². The molecule has 7 heteroatoms. The van der Waals surface area contributed by atoms with Crippen LogP contribution >= 0.6 is 0 Å². The van der Waals surface area contributed by atoms with Crippen LogP contribution < -0.4 is 5.43 Å². The van der Waals surface area contributed by atoms with Crippen LogP contribution in [0.1, 0.15) is 53.7 Å². The van der Waals surface area contributed by atoms with Gasteiger partial charge in [-0.2, -0.15) is 0 Å². The second-order valence-electron chi connectivity index (χ2n) is 7.53. The highest BCUT2D eigenvalue weighted by Crippen LogP contribution is 2.23. The number of pyridine rings is 1. The lowest BCUT2D eigenvalue weighted by Crippen LogP contribution is -2.46. The standard InChI is InChI=1S/C22H27N3O4/c1-4-10-23(21(28)16-8-6-5-7-9-16)14-17-13-18(26)20(27)19-22(29)24(15(2)3)11-12-25(17)19/h5-9,13,15,27H,4,10-12,14H2,1-3H3. The Morgan fingerprint density at radius 2 is 1.86 bits per heavy atom. The average molecular weight is 397 g/mol. The molecule has 0 bridgehead atoms. The number of benzene rings is 1. The molecule has 154 valence electrons. The summed E-state index contributed by atoms with van der Waals surface area (Å²) in [6.07, 6.45) is 0.758. The fourth-order valence-corrected chi connectivity index (χ4v) is 3.71. The van der Waals surface area contributed by atoms with Crippen molar-refractivity contribution in [2.75, 3.05) is 13.1 Å². The lowest BCUT2D eigenvalue weighted by atomic mass is 10.1. The third kappa shape index (κ3) is 4.04. The number of fused-ring (bicyclic) bond motifs is 1. The molecule has 1 N–H and O–H groups in total. The summed E-state index contributed by atoms with van der Waals surface area (Å²) in [6.45, 7) is 7.43. The number of hydrogen-bond donors (Lipinski definition) is 1. The molecule has 0 radical (unpaired) electrons. The van der Waals surface area contributed by atoms with Crippen LogP contribution in [0.5, 0.6) is 5.75 Å². The maximum atomic E-state index is 13.0. The lowest BCUT2D eigenvalue weighted by molar-refractivity contribution is 0.0636. The summed E-state index contributed by atoms with van der Waals surface area (Å²) >= 11 is 0. The molecular weight excluding hydrogens is 370 g/mol. The topological polar surface area (TPSA) is 82.8 Å². The van der Waals surface area contributed by atoms with Crippen molar-refractivity contribution < 1.29 is 14.7 Å². The van der Waals surface area contributed by atoms with Crippen LogP contribution in [0.4, 0.5) is 0 Å². The zero-order chi connectivity index (χ0) is 21.1. The van der Waals surface area contributed by atoms with Crippen LogP contribution in [0.25, 0.3) is 0 Å². The van der Waals surface area contributed by atoms with E-state index in [9.17, 15) is 19.5 Å². The summed E-state index contributed by atoms with van der Waals surface area (Å²) < 4.78 is 1.68. The Hall–Kier alpha value is -3.09. The van der Waals surface area contributed by atoms with Crippen LogP contribution in [-0.2, 0) is 13.1 Å². The highest BCUT2D eigenvalue weighted by Gasteiger charge is 2.32. The van der Waals surface area contributed by atoms with Crippen molar-refractivity contribution in [2.45, 2.75) is 46.3 Å². The molecule has 0 unspecified atom stereocenters. The maximum Gasteiger partial charge on any atom is 0.274 e. The smallest absolute Gasteiger partial charge is 0.274 e. The Bertz CT molecular complexity index is 966. The number of rotatable bonds is 6. The summed E-state index contributed by atoms with van der Waals surface area (Å²) in [4.78, 5) is 41.5. The Morgan fingerprint density at radius 3 is 2.48 bits per heavy atom. The number of amides is 2. The zero-order valence-electron chi connectivity index (χ0n) is 17.1. The zero-order valence-corrected chi connectivity index (χ0v) is 17.1. The molecule has 29 heavy (non-hydrogen) atoms. The predicted molar refractivity (Wildman–Crippen MR) is 110 cm³/mol. The molecule has 0 saturated carbocycles. The van der Waals surface area contributed by atoms with Crippen molar-refractivity contribution in [1.29, 1.82) is 0 Å². The average Bonchev–Trinajstić information content (AvgIpc) is 2.71. The van der Waals surface area contributed by atoms with Gasteiger partial charge in [0, 0.05) is 43.0 Å². The Labute approximate surface area is 170 Å². The number of carbonyl (C=O) groups is 2. The van der Waals surface area contributed by atoms with Gasteiger partial charge in [0.2, 0.25) is 5.43 Å². The molecule has 1 aliphatic heterocycles. The van der Waals surface area contributed by atoms with Crippen molar-refractivity contribution in [2.24, 2.45) is 0 Å². The number of aromatic nitrogens is 1. The summed E-state index contributed by atoms with van der Waals surface area (Å²) in [6, 6.07) is 10.3. The molecule has 1 aliphatic rings. The first-order chi connectivity index (χ1) is 13.8. The Balaban J connectivity index is 2.00. The fraction of sp³-hybridized carbons (Fsp3) is 0.409. The van der Waals surface area contributed by atoms with Crippen LogP contribution in [0.15, 0.2) is 41.2 Å². The van der Waals surface area contributed by atoms with Crippen molar-refractivity contribution in [1.82, 2.24) is 14.4 Å².